The maximum atomic E-state index is 13.5. The SMILES string of the molecule is COC(=O)C1=C(C)NC2=C(C(=O)C[C@H](c3cccs3)C2)[C@H]1c1ccc(-c2ccccc2)cc1. The summed E-state index contributed by atoms with van der Waals surface area (Å²) in [6.07, 6.45) is 1.21. The van der Waals surface area contributed by atoms with Crippen LogP contribution in [-0.4, -0.2) is 18.9 Å². The van der Waals surface area contributed by atoms with Crippen molar-refractivity contribution in [1.29, 1.82) is 0 Å². The number of carbonyl (C=O) groups is 2. The Morgan fingerprint density at radius 3 is 2.36 bits per heavy atom. The molecule has 1 aliphatic heterocycles. The van der Waals surface area contributed by atoms with Crippen molar-refractivity contribution >= 4 is 23.1 Å². The molecule has 0 saturated carbocycles. The highest BCUT2D eigenvalue weighted by Gasteiger charge is 2.41. The highest BCUT2D eigenvalue weighted by atomic mass is 32.1. The van der Waals surface area contributed by atoms with Crippen LogP contribution in [0.3, 0.4) is 0 Å². The topological polar surface area (TPSA) is 55.4 Å². The summed E-state index contributed by atoms with van der Waals surface area (Å²) >= 11 is 1.69. The number of ether oxygens (including phenoxy) is 1. The van der Waals surface area contributed by atoms with Gasteiger partial charge in [-0.3, -0.25) is 4.79 Å². The molecule has 0 unspecified atom stereocenters. The lowest BCUT2D eigenvalue weighted by molar-refractivity contribution is -0.136. The third-order valence-electron chi connectivity index (χ3n) is 6.53. The normalized spacial score (nSPS) is 20.4. The summed E-state index contributed by atoms with van der Waals surface area (Å²) in [6.45, 7) is 1.89. The fraction of sp³-hybridized carbons (Fsp3) is 0.214. The predicted octanol–water partition coefficient (Wildman–Crippen LogP) is 5.95. The van der Waals surface area contributed by atoms with Crippen LogP contribution in [-0.2, 0) is 14.3 Å². The van der Waals surface area contributed by atoms with Gasteiger partial charge in [0.25, 0.3) is 0 Å². The number of dihydropyridines is 1. The van der Waals surface area contributed by atoms with Gasteiger partial charge in [-0.05, 0) is 41.5 Å². The van der Waals surface area contributed by atoms with Crippen molar-refractivity contribution in [2.75, 3.05) is 7.11 Å². The van der Waals surface area contributed by atoms with E-state index in [-0.39, 0.29) is 11.7 Å². The van der Waals surface area contributed by atoms with Crippen molar-refractivity contribution in [1.82, 2.24) is 5.32 Å². The highest BCUT2D eigenvalue weighted by molar-refractivity contribution is 7.10. The third kappa shape index (κ3) is 3.93. The lowest BCUT2D eigenvalue weighted by Gasteiger charge is -2.36. The molecular weight excluding hydrogens is 430 g/mol. The zero-order chi connectivity index (χ0) is 22.9. The molecule has 2 atom stereocenters. The molecule has 4 nitrogen and oxygen atoms in total. The van der Waals surface area contributed by atoms with E-state index in [1.165, 1.54) is 12.0 Å². The standard InChI is InChI=1S/C28H25NO3S/c1-17-25(28(31)32-2)26(20-12-10-19(11-13-20)18-7-4-3-5-8-18)27-22(29-17)15-21(16-23(27)30)24-9-6-14-33-24/h3-14,21,26,29H,15-16H2,1-2H3/t21-,26+/m1/s1. The number of esters is 1. The number of methoxy groups -OCH3 is 1. The Balaban J connectivity index is 1.58. The minimum atomic E-state index is -0.435. The largest absolute Gasteiger partial charge is 0.466 e. The Bertz CT molecular complexity index is 1250. The minimum Gasteiger partial charge on any atom is -0.466 e. The van der Waals surface area contributed by atoms with Crippen molar-refractivity contribution in [3.8, 4) is 11.1 Å². The van der Waals surface area contributed by atoms with Crippen LogP contribution in [0.25, 0.3) is 11.1 Å². The number of nitrogens with one attached hydrogen (secondary N) is 1. The molecular formula is C28H25NO3S. The van der Waals surface area contributed by atoms with Gasteiger partial charge >= 0.3 is 5.97 Å². The van der Waals surface area contributed by atoms with Crippen molar-refractivity contribution in [2.45, 2.75) is 31.6 Å². The Morgan fingerprint density at radius 1 is 0.970 bits per heavy atom. The number of thiophene rings is 1. The summed E-state index contributed by atoms with van der Waals surface area (Å²) in [5.74, 6) is -0.585. The van der Waals surface area contributed by atoms with Gasteiger partial charge in [-0.1, -0.05) is 60.7 Å². The average Bonchev–Trinajstić information content (AvgIpc) is 3.38. The van der Waals surface area contributed by atoms with Crippen LogP contribution in [0.2, 0.25) is 0 Å². The maximum Gasteiger partial charge on any atom is 0.336 e. The molecule has 0 bridgehead atoms. The Kier molecular flexibility index (Phi) is 5.73. The van der Waals surface area contributed by atoms with Gasteiger partial charge in [0.05, 0.1) is 12.7 Å². The van der Waals surface area contributed by atoms with Crippen molar-refractivity contribution in [3.63, 3.8) is 0 Å². The first-order valence-electron chi connectivity index (χ1n) is 11.1. The molecule has 33 heavy (non-hydrogen) atoms. The first-order valence-corrected chi connectivity index (χ1v) is 12.0. The highest BCUT2D eigenvalue weighted by Crippen LogP contribution is 2.46. The second-order valence-electron chi connectivity index (χ2n) is 8.51. The monoisotopic (exact) mass is 455 g/mol. The molecule has 0 saturated heterocycles. The predicted molar refractivity (Wildman–Crippen MR) is 131 cm³/mol. The van der Waals surface area contributed by atoms with Crippen LogP contribution in [0.15, 0.2) is 94.7 Å². The van der Waals surface area contributed by atoms with Gasteiger partial charge in [-0.15, -0.1) is 11.3 Å². The molecule has 0 fully saturated rings. The van der Waals surface area contributed by atoms with Crippen LogP contribution < -0.4 is 5.32 Å². The van der Waals surface area contributed by atoms with E-state index >= 15 is 0 Å². The summed E-state index contributed by atoms with van der Waals surface area (Å²) < 4.78 is 5.13. The van der Waals surface area contributed by atoms with Gasteiger partial charge in [0, 0.05) is 40.1 Å². The molecule has 1 aliphatic carbocycles. The lowest BCUT2D eigenvalue weighted by Crippen LogP contribution is -2.35. The summed E-state index contributed by atoms with van der Waals surface area (Å²) in [4.78, 5) is 27.6. The number of ketones is 1. The molecule has 0 amide bonds. The summed E-state index contributed by atoms with van der Waals surface area (Å²) in [7, 11) is 1.39. The molecule has 2 aliphatic rings. The first kappa shape index (κ1) is 21.4. The van der Waals surface area contributed by atoms with Gasteiger partial charge in [0.2, 0.25) is 0 Å². The molecule has 0 radical (unpaired) electrons. The lowest BCUT2D eigenvalue weighted by atomic mass is 9.72. The molecule has 5 rings (SSSR count). The third-order valence-corrected chi connectivity index (χ3v) is 7.56. The van der Waals surface area contributed by atoms with Crippen LogP contribution in [0, 0.1) is 0 Å². The van der Waals surface area contributed by atoms with E-state index in [0.29, 0.717) is 17.6 Å². The second kappa shape index (κ2) is 8.83. The smallest absolute Gasteiger partial charge is 0.336 e. The fourth-order valence-corrected chi connectivity index (χ4v) is 5.81. The van der Waals surface area contributed by atoms with Crippen molar-refractivity contribution in [2.24, 2.45) is 0 Å². The number of allylic oxidation sites excluding steroid dienone is 3. The van der Waals surface area contributed by atoms with E-state index in [2.05, 4.69) is 41.0 Å². The first-order chi connectivity index (χ1) is 16.1. The van der Waals surface area contributed by atoms with E-state index in [9.17, 15) is 9.59 Å². The summed E-state index contributed by atoms with van der Waals surface area (Å²) in [6, 6.07) is 22.4. The minimum absolute atomic E-state index is 0.0909. The van der Waals surface area contributed by atoms with Crippen LogP contribution in [0.4, 0.5) is 0 Å². The van der Waals surface area contributed by atoms with Gasteiger partial charge in [-0.25, -0.2) is 4.79 Å². The number of hydrogen-bond donors (Lipinski definition) is 1. The van der Waals surface area contributed by atoms with E-state index < -0.39 is 11.9 Å². The molecule has 1 aromatic heterocycles. The Hall–Kier alpha value is -3.44. The number of benzene rings is 2. The fourth-order valence-electron chi connectivity index (χ4n) is 4.98. The van der Waals surface area contributed by atoms with E-state index in [4.69, 9.17) is 4.74 Å². The molecule has 2 heterocycles. The van der Waals surface area contributed by atoms with Gasteiger partial charge in [0.1, 0.15) is 0 Å². The Labute approximate surface area is 197 Å². The number of rotatable bonds is 4. The molecule has 3 aromatic rings. The molecule has 166 valence electrons. The Morgan fingerprint density at radius 2 is 1.70 bits per heavy atom. The zero-order valence-corrected chi connectivity index (χ0v) is 19.4. The summed E-state index contributed by atoms with van der Waals surface area (Å²) in [5.41, 5.74) is 6.01. The second-order valence-corrected chi connectivity index (χ2v) is 9.49. The molecule has 2 aromatic carbocycles. The zero-order valence-electron chi connectivity index (χ0n) is 18.6. The van der Waals surface area contributed by atoms with Gasteiger partial charge < -0.3 is 10.1 Å². The number of hydrogen-bond acceptors (Lipinski definition) is 5. The number of carbonyl (C=O) groups excluding carboxylic acids is 2. The van der Waals surface area contributed by atoms with Gasteiger partial charge in [-0.2, -0.15) is 0 Å². The van der Waals surface area contributed by atoms with Crippen LogP contribution >= 0.6 is 11.3 Å². The summed E-state index contributed by atoms with van der Waals surface area (Å²) in [5, 5.41) is 5.44. The molecule has 0 spiro atoms. The van der Waals surface area contributed by atoms with Crippen molar-refractivity contribution < 1.29 is 14.3 Å². The molecule has 1 N–H and O–H groups in total. The van der Waals surface area contributed by atoms with E-state index in [0.717, 1.165) is 34.5 Å². The van der Waals surface area contributed by atoms with E-state index in [1.807, 2.05) is 43.3 Å². The molecule has 5 heteroatoms. The van der Waals surface area contributed by atoms with Crippen LogP contribution in [0.1, 0.15) is 42.0 Å². The maximum absolute atomic E-state index is 13.5. The average molecular weight is 456 g/mol. The van der Waals surface area contributed by atoms with Gasteiger partial charge in [0.15, 0.2) is 5.78 Å². The quantitative estimate of drug-likeness (QED) is 0.494. The van der Waals surface area contributed by atoms with Crippen molar-refractivity contribution in [3.05, 3.63) is 105 Å². The van der Waals surface area contributed by atoms with Crippen LogP contribution in [0.5, 0.6) is 0 Å². The number of Topliss-reactive ketones (excluding diaryl/α,β-unsaturated/α-hetero) is 1. The van der Waals surface area contributed by atoms with E-state index in [1.54, 1.807) is 11.3 Å².